The molecule has 1 atom stereocenters. The lowest BCUT2D eigenvalue weighted by atomic mass is 9.82. The predicted octanol–water partition coefficient (Wildman–Crippen LogP) is 2.35. The van der Waals surface area contributed by atoms with E-state index in [1.54, 1.807) is 0 Å². The van der Waals surface area contributed by atoms with Crippen molar-refractivity contribution in [3.8, 4) is 0 Å². The van der Waals surface area contributed by atoms with E-state index in [0.717, 1.165) is 29.3 Å². The van der Waals surface area contributed by atoms with Crippen LogP contribution in [0.3, 0.4) is 0 Å². The Balaban J connectivity index is 2.44. The van der Waals surface area contributed by atoms with Crippen molar-refractivity contribution >= 4 is 21.8 Å². The number of halogens is 1. The maximum Gasteiger partial charge on any atom is 0.224 e. The van der Waals surface area contributed by atoms with Gasteiger partial charge in [-0.1, -0.05) is 22.0 Å². The third-order valence-electron chi connectivity index (χ3n) is 2.76. The average Bonchev–Trinajstić information content (AvgIpc) is 2.16. The van der Waals surface area contributed by atoms with Gasteiger partial charge < -0.3 is 5.73 Å². The molecule has 1 aliphatic carbocycles. The number of primary amides is 1. The quantitative estimate of drug-likeness (QED) is 0.821. The lowest BCUT2D eigenvalue weighted by molar-refractivity contribution is -0.119. The van der Waals surface area contributed by atoms with Gasteiger partial charge in [-0.05, 0) is 42.5 Å². The van der Waals surface area contributed by atoms with E-state index >= 15 is 0 Å². The molecule has 1 aromatic rings. The molecular formula is C11H12BrNO. The van der Waals surface area contributed by atoms with Crippen LogP contribution in [0.4, 0.5) is 0 Å². The first-order valence-corrected chi connectivity index (χ1v) is 5.55. The van der Waals surface area contributed by atoms with E-state index < -0.39 is 0 Å². The topological polar surface area (TPSA) is 43.1 Å². The van der Waals surface area contributed by atoms with Crippen LogP contribution in [0.5, 0.6) is 0 Å². The molecule has 2 rings (SSSR count). The molecule has 2 N–H and O–H groups in total. The molecule has 0 heterocycles. The third kappa shape index (κ3) is 1.69. The van der Waals surface area contributed by atoms with E-state index in [2.05, 4.69) is 22.0 Å². The largest absolute Gasteiger partial charge is 0.369 e. The van der Waals surface area contributed by atoms with Gasteiger partial charge in [-0.3, -0.25) is 4.79 Å². The first-order valence-electron chi connectivity index (χ1n) is 4.76. The molecule has 2 nitrogen and oxygen atoms in total. The van der Waals surface area contributed by atoms with Crippen LogP contribution < -0.4 is 5.73 Å². The van der Waals surface area contributed by atoms with Crippen LogP contribution in [0.15, 0.2) is 22.7 Å². The molecule has 0 bridgehead atoms. The number of hydrogen-bond acceptors (Lipinski definition) is 1. The number of fused-ring (bicyclic) bond motifs is 1. The molecule has 74 valence electrons. The number of benzene rings is 1. The van der Waals surface area contributed by atoms with Crippen molar-refractivity contribution in [1.29, 1.82) is 0 Å². The molecule has 0 saturated heterocycles. The van der Waals surface area contributed by atoms with E-state index in [1.165, 1.54) is 5.56 Å². The first-order chi connectivity index (χ1) is 6.68. The maximum atomic E-state index is 11.2. The SMILES string of the molecule is NC(=O)[C@@H]1CCCc2cc(Br)ccc21. The Bertz CT molecular complexity index is 376. The number of aryl methyl sites for hydroxylation is 1. The Kier molecular flexibility index (Phi) is 2.59. The van der Waals surface area contributed by atoms with Crippen molar-refractivity contribution in [2.75, 3.05) is 0 Å². The van der Waals surface area contributed by atoms with Gasteiger partial charge in [-0.2, -0.15) is 0 Å². The summed E-state index contributed by atoms with van der Waals surface area (Å²) in [6.07, 6.45) is 3.00. The summed E-state index contributed by atoms with van der Waals surface area (Å²) in [7, 11) is 0. The summed E-state index contributed by atoms with van der Waals surface area (Å²) in [4.78, 5) is 11.2. The molecule has 1 aromatic carbocycles. The minimum atomic E-state index is -0.201. The average molecular weight is 254 g/mol. The number of rotatable bonds is 1. The highest BCUT2D eigenvalue weighted by Gasteiger charge is 2.24. The second-order valence-electron chi connectivity index (χ2n) is 3.69. The van der Waals surface area contributed by atoms with Crippen LogP contribution in [-0.2, 0) is 11.2 Å². The molecule has 0 radical (unpaired) electrons. The molecule has 0 fully saturated rings. The molecule has 1 amide bonds. The summed E-state index contributed by atoms with van der Waals surface area (Å²) in [5.41, 5.74) is 7.75. The highest BCUT2D eigenvalue weighted by Crippen LogP contribution is 2.32. The van der Waals surface area contributed by atoms with Crippen molar-refractivity contribution in [2.45, 2.75) is 25.2 Å². The zero-order valence-electron chi connectivity index (χ0n) is 7.79. The van der Waals surface area contributed by atoms with Gasteiger partial charge in [0.05, 0.1) is 5.92 Å². The fraction of sp³-hybridized carbons (Fsp3) is 0.364. The van der Waals surface area contributed by atoms with Crippen molar-refractivity contribution in [3.05, 3.63) is 33.8 Å². The van der Waals surface area contributed by atoms with Crippen LogP contribution in [-0.4, -0.2) is 5.91 Å². The summed E-state index contributed by atoms with van der Waals surface area (Å²) in [6.45, 7) is 0. The lowest BCUT2D eigenvalue weighted by Gasteiger charge is -2.23. The van der Waals surface area contributed by atoms with E-state index in [4.69, 9.17) is 5.73 Å². The highest BCUT2D eigenvalue weighted by atomic mass is 79.9. The predicted molar refractivity (Wildman–Crippen MR) is 59.0 cm³/mol. The van der Waals surface area contributed by atoms with Crippen LogP contribution in [0, 0.1) is 0 Å². The van der Waals surface area contributed by atoms with Crippen LogP contribution in [0.2, 0.25) is 0 Å². The van der Waals surface area contributed by atoms with Gasteiger partial charge in [-0.15, -0.1) is 0 Å². The maximum absolute atomic E-state index is 11.2. The monoisotopic (exact) mass is 253 g/mol. The van der Waals surface area contributed by atoms with E-state index in [9.17, 15) is 4.79 Å². The summed E-state index contributed by atoms with van der Waals surface area (Å²) in [5.74, 6) is -0.278. The van der Waals surface area contributed by atoms with Crippen LogP contribution in [0.1, 0.15) is 29.9 Å². The van der Waals surface area contributed by atoms with Gasteiger partial charge in [0, 0.05) is 4.47 Å². The number of carbonyl (C=O) groups excluding carboxylic acids is 1. The van der Waals surface area contributed by atoms with Crippen molar-refractivity contribution < 1.29 is 4.79 Å². The fourth-order valence-electron chi connectivity index (χ4n) is 2.08. The second-order valence-corrected chi connectivity index (χ2v) is 4.61. The van der Waals surface area contributed by atoms with E-state index in [1.807, 2.05) is 12.1 Å². The minimum absolute atomic E-state index is 0.0770. The molecule has 1 aliphatic rings. The summed E-state index contributed by atoms with van der Waals surface area (Å²) in [5, 5.41) is 0. The van der Waals surface area contributed by atoms with E-state index in [-0.39, 0.29) is 11.8 Å². The summed E-state index contributed by atoms with van der Waals surface area (Å²) in [6, 6.07) is 6.07. The van der Waals surface area contributed by atoms with Gasteiger partial charge in [0.25, 0.3) is 0 Å². The number of amides is 1. The van der Waals surface area contributed by atoms with E-state index in [0.29, 0.717) is 0 Å². The van der Waals surface area contributed by atoms with Crippen LogP contribution >= 0.6 is 15.9 Å². The third-order valence-corrected chi connectivity index (χ3v) is 3.26. The molecule has 3 heteroatoms. The zero-order valence-corrected chi connectivity index (χ0v) is 9.38. The highest BCUT2D eigenvalue weighted by molar-refractivity contribution is 9.10. The Hall–Kier alpha value is -0.830. The molecule has 0 aromatic heterocycles. The summed E-state index contributed by atoms with van der Waals surface area (Å²) >= 11 is 3.43. The number of nitrogens with two attached hydrogens (primary N) is 1. The molecule has 0 unspecified atom stereocenters. The Labute approximate surface area is 91.6 Å². The van der Waals surface area contributed by atoms with Gasteiger partial charge in [0.1, 0.15) is 0 Å². The summed E-state index contributed by atoms with van der Waals surface area (Å²) < 4.78 is 1.07. The minimum Gasteiger partial charge on any atom is -0.369 e. The zero-order chi connectivity index (χ0) is 10.1. The van der Waals surface area contributed by atoms with Crippen molar-refractivity contribution in [1.82, 2.24) is 0 Å². The Morgan fingerprint density at radius 1 is 1.50 bits per heavy atom. The number of carbonyl (C=O) groups is 1. The molecular weight excluding hydrogens is 242 g/mol. The van der Waals surface area contributed by atoms with Gasteiger partial charge in [0.2, 0.25) is 5.91 Å². The lowest BCUT2D eigenvalue weighted by Crippen LogP contribution is -2.24. The van der Waals surface area contributed by atoms with Crippen LogP contribution in [0.25, 0.3) is 0 Å². The van der Waals surface area contributed by atoms with Gasteiger partial charge in [0.15, 0.2) is 0 Å². The molecule has 0 saturated carbocycles. The molecule has 0 spiro atoms. The Morgan fingerprint density at radius 2 is 2.29 bits per heavy atom. The van der Waals surface area contributed by atoms with Crippen molar-refractivity contribution in [3.63, 3.8) is 0 Å². The Morgan fingerprint density at radius 3 is 3.00 bits per heavy atom. The van der Waals surface area contributed by atoms with Gasteiger partial charge in [-0.25, -0.2) is 0 Å². The van der Waals surface area contributed by atoms with Crippen molar-refractivity contribution in [2.24, 2.45) is 5.73 Å². The second kappa shape index (κ2) is 3.73. The normalized spacial score (nSPS) is 20.2. The van der Waals surface area contributed by atoms with Gasteiger partial charge >= 0.3 is 0 Å². The first kappa shape index (κ1) is 9.71. The fourth-order valence-corrected chi connectivity index (χ4v) is 2.49. The standard InChI is InChI=1S/C11H12BrNO/c12-8-4-5-9-7(6-8)2-1-3-10(9)11(13)14/h4-6,10H,1-3H2,(H2,13,14)/t10-/m1/s1. The number of hydrogen-bond donors (Lipinski definition) is 1. The smallest absolute Gasteiger partial charge is 0.224 e. The molecule has 14 heavy (non-hydrogen) atoms. The molecule has 0 aliphatic heterocycles.